The number of aromatic nitrogens is 1. The first kappa shape index (κ1) is 22.5. The van der Waals surface area contributed by atoms with Gasteiger partial charge < -0.3 is 15.1 Å². The molecule has 2 heterocycles. The number of benzene rings is 2. The van der Waals surface area contributed by atoms with Crippen molar-refractivity contribution in [1.29, 1.82) is 0 Å². The standard InChI is InChI=1S/C26H32N4OS/c1-26(2,3)19-8-6-18(7-9-19)25-28-23(17-32-25)24(31)27-20-10-12-21(13-11-20)30-15-14-22(16-30)29(4)5/h6-13,17,22H,14-16H2,1-5H3,(H,27,31). The number of likely N-dealkylation sites (N-methyl/N-ethyl adjacent to an activating group) is 1. The van der Waals surface area contributed by atoms with E-state index in [0.717, 1.165) is 29.3 Å². The second kappa shape index (κ2) is 9.04. The van der Waals surface area contributed by atoms with E-state index in [1.807, 2.05) is 17.5 Å². The quantitative estimate of drug-likeness (QED) is 0.560. The normalized spacial score (nSPS) is 16.6. The Balaban J connectivity index is 1.39. The first-order valence-electron chi connectivity index (χ1n) is 11.1. The molecule has 1 unspecified atom stereocenters. The van der Waals surface area contributed by atoms with E-state index in [9.17, 15) is 4.79 Å². The SMILES string of the molecule is CN(C)C1CCN(c2ccc(NC(=O)c3csc(-c4ccc(C(C)(C)C)cc4)n3)cc2)C1. The summed E-state index contributed by atoms with van der Waals surface area (Å²) in [5.74, 6) is -0.180. The first-order valence-corrected chi connectivity index (χ1v) is 12.0. The lowest BCUT2D eigenvalue weighted by Gasteiger charge is -2.22. The van der Waals surface area contributed by atoms with Gasteiger partial charge in [0.1, 0.15) is 10.7 Å². The molecule has 0 aliphatic carbocycles. The van der Waals surface area contributed by atoms with Gasteiger partial charge in [-0.25, -0.2) is 4.98 Å². The van der Waals surface area contributed by atoms with Crippen molar-refractivity contribution < 1.29 is 4.79 Å². The maximum absolute atomic E-state index is 12.7. The van der Waals surface area contributed by atoms with E-state index in [1.165, 1.54) is 29.0 Å². The molecule has 6 heteroatoms. The van der Waals surface area contributed by atoms with Crippen LogP contribution in [0.1, 0.15) is 43.2 Å². The molecule has 0 bridgehead atoms. The van der Waals surface area contributed by atoms with E-state index in [2.05, 4.69) is 91.4 Å². The van der Waals surface area contributed by atoms with E-state index < -0.39 is 0 Å². The number of nitrogens with zero attached hydrogens (tertiary/aromatic N) is 3. The molecule has 1 aromatic heterocycles. The lowest BCUT2D eigenvalue weighted by molar-refractivity contribution is 0.102. The van der Waals surface area contributed by atoms with E-state index in [1.54, 1.807) is 0 Å². The Bertz CT molecular complexity index is 1060. The molecule has 1 amide bonds. The molecule has 168 valence electrons. The average Bonchev–Trinajstić information content (AvgIpc) is 3.44. The third-order valence-corrected chi connectivity index (χ3v) is 7.01. The van der Waals surface area contributed by atoms with E-state index in [-0.39, 0.29) is 11.3 Å². The maximum atomic E-state index is 12.7. The zero-order chi connectivity index (χ0) is 22.9. The van der Waals surface area contributed by atoms with Crippen molar-refractivity contribution in [3.8, 4) is 10.6 Å². The Morgan fingerprint density at radius 1 is 1.09 bits per heavy atom. The van der Waals surface area contributed by atoms with Gasteiger partial charge in [-0.3, -0.25) is 4.79 Å². The Morgan fingerprint density at radius 2 is 1.78 bits per heavy atom. The molecule has 0 radical (unpaired) electrons. The van der Waals surface area contributed by atoms with Crippen LogP contribution in [0.3, 0.4) is 0 Å². The zero-order valence-electron chi connectivity index (χ0n) is 19.6. The van der Waals surface area contributed by atoms with Crippen LogP contribution in [0.4, 0.5) is 11.4 Å². The summed E-state index contributed by atoms with van der Waals surface area (Å²) in [6.45, 7) is 8.70. The predicted octanol–water partition coefficient (Wildman–Crippen LogP) is 5.50. The fourth-order valence-electron chi connectivity index (χ4n) is 3.97. The molecule has 1 N–H and O–H groups in total. The first-order chi connectivity index (χ1) is 15.2. The average molecular weight is 449 g/mol. The lowest BCUT2D eigenvalue weighted by Crippen LogP contribution is -2.31. The molecule has 2 aromatic carbocycles. The van der Waals surface area contributed by atoms with Crippen molar-refractivity contribution >= 4 is 28.6 Å². The largest absolute Gasteiger partial charge is 0.370 e. The molecule has 3 aromatic rings. The van der Waals surface area contributed by atoms with Gasteiger partial charge in [0.2, 0.25) is 0 Å². The molecule has 1 aliphatic heterocycles. The Hall–Kier alpha value is -2.70. The summed E-state index contributed by atoms with van der Waals surface area (Å²) in [6, 6.07) is 17.1. The number of nitrogens with one attached hydrogen (secondary N) is 1. The molecule has 0 saturated carbocycles. The van der Waals surface area contributed by atoms with Crippen molar-refractivity contribution in [2.75, 3.05) is 37.4 Å². The lowest BCUT2D eigenvalue weighted by atomic mass is 9.87. The van der Waals surface area contributed by atoms with Crippen LogP contribution < -0.4 is 10.2 Å². The molecule has 1 fully saturated rings. The number of carbonyl (C=O) groups is 1. The predicted molar refractivity (Wildman–Crippen MR) is 135 cm³/mol. The van der Waals surface area contributed by atoms with Gasteiger partial charge in [-0.1, -0.05) is 45.0 Å². The monoisotopic (exact) mass is 448 g/mol. The highest BCUT2D eigenvalue weighted by Gasteiger charge is 2.24. The summed E-state index contributed by atoms with van der Waals surface area (Å²) in [7, 11) is 4.27. The number of amides is 1. The van der Waals surface area contributed by atoms with Crippen molar-refractivity contribution in [2.24, 2.45) is 0 Å². The molecular weight excluding hydrogens is 416 g/mol. The third-order valence-electron chi connectivity index (χ3n) is 6.12. The second-order valence-corrected chi connectivity index (χ2v) is 10.6. The molecule has 4 rings (SSSR count). The number of hydrogen-bond acceptors (Lipinski definition) is 5. The van der Waals surface area contributed by atoms with Gasteiger partial charge in [-0.2, -0.15) is 0 Å². The molecular formula is C26H32N4OS. The van der Waals surface area contributed by atoms with Crippen molar-refractivity contribution in [3.05, 3.63) is 65.2 Å². The van der Waals surface area contributed by atoms with Crippen LogP contribution in [0, 0.1) is 0 Å². The Morgan fingerprint density at radius 3 is 2.38 bits per heavy atom. The van der Waals surface area contributed by atoms with Gasteiger partial charge in [-0.15, -0.1) is 11.3 Å². The van der Waals surface area contributed by atoms with Crippen molar-refractivity contribution in [2.45, 2.75) is 38.6 Å². The summed E-state index contributed by atoms with van der Waals surface area (Å²) in [5.41, 5.74) is 4.86. The van der Waals surface area contributed by atoms with Gasteiger partial charge in [0.05, 0.1) is 0 Å². The van der Waals surface area contributed by atoms with Gasteiger partial charge in [0, 0.05) is 41.4 Å². The highest BCUT2D eigenvalue weighted by Crippen LogP contribution is 2.29. The van der Waals surface area contributed by atoms with Gasteiger partial charge in [-0.05, 0) is 55.8 Å². The smallest absolute Gasteiger partial charge is 0.275 e. The summed E-state index contributed by atoms with van der Waals surface area (Å²) in [4.78, 5) is 22.0. The molecule has 5 nitrogen and oxygen atoms in total. The molecule has 32 heavy (non-hydrogen) atoms. The Kier molecular flexibility index (Phi) is 6.35. The highest BCUT2D eigenvalue weighted by molar-refractivity contribution is 7.13. The van der Waals surface area contributed by atoms with Crippen LogP contribution >= 0.6 is 11.3 Å². The topological polar surface area (TPSA) is 48.5 Å². The summed E-state index contributed by atoms with van der Waals surface area (Å²) in [6.07, 6.45) is 1.18. The van der Waals surface area contributed by atoms with Gasteiger partial charge in [0.15, 0.2) is 0 Å². The van der Waals surface area contributed by atoms with E-state index in [4.69, 9.17) is 0 Å². The number of anilines is 2. The fraction of sp³-hybridized carbons (Fsp3) is 0.385. The minimum Gasteiger partial charge on any atom is -0.370 e. The zero-order valence-corrected chi connectivity index (χ0v) is 20.4. The number of carbonyl (C=O) groups excluding carboxylic acids is 1. The van der Waals surface area contributed by atoms with Crippen LogP contribution in [0.2, 0.25) is 0 Å². The Labute approximate surface area is 195 Å². The van der Waals surface area contributed by atoms with Crippen LogP contribution in [0.15, 0.2) is 53.9 Å². The van der Waals surface area contributed by atoms with Crippen LogP contribution in [-0.4, -0.2) is 49.0 Å². The minimum atomic E-state index is -0.180. The summed E-state index contributed by atoms with van der Waals surface area (Å²) < 4.78 is 0. The van der Waals surface area contributed by atoms with E-state index in [0.29, 0.717) is 11.7 Å². The van der Waals surface area contributed by atoms with Crippen LogP contribution in [0.25, 0.3) is 10.6 Å². The molecule has 1 atom stereocenters. The molecule has 0 spiro atoms. The molecule has 1 aliphatic rings. The second-order valence-electron chi connectivity index (χ2n) is 9.72. The summed E-state index contributed by atoms with van der Waals surface area (Å²) in [5, 5.41) is 5.65. The minimum absolute atomic E-state index is 0.116. The van der Waals surface area contributed by atoms with E-state index >= 15 is 0 Å². The third kappa shape index (κ3) is 5.03. The van der Waals surface area contributed by atoms with Crippen molar-refractivity contribution in [3.63, 3.8) is 0 Å². The van der Waals surface area contributed by atoms with Gasteiger partial charge >= 0.3 is 0 Å². The number of hydrogen-bond donors (Lipinski definition) is 1. The number of rotatable bonds is 5. The molecule has 1 saturated heterocycles. The van der Waals surface area contributed by atoms with Gasteiger partial charge in [0.25, 0.3) is 5.91 Å². The van der Waals surface area contributed by atoms with Crippen LogP contribution in [-0.2, 0) is 5.41 Å². The maximum Gasteiger partial charge on any atom is 0.275 e. The van der Waals surface area contributed by atoms with Crippen LogP contribution in [0.5, 0.6) is 0 Å². The van der Waals surface area contributed by atoms with Crippen molar-refractivity contribution in [1.82, 2.24) is 9.88 Å². The summed E-state index contributed by atoms with van der Waals surface area (Å²) >= 11 is 1.49. The fourth-order valence-corrected chi connectivity index (χ4v) is 4.78. The highest BCUT2D eigenvalue weighted by atomic mass is 32.1. The number of thiazole rings is 1.